The van der Waals surface area contributed by atoms with Crippen molar-refractivity contribution in [2.45, 2.75) is 32.5 Å². The van der Waals surface area contributed by atoms with Crippen LogP contribution in [0.3, 0.4) is 0 Å². The van der Waals surface area contributed by atoms with Crippen molar-refractivity contribution >= 4 is 118 Å². The lowest BCUT2D eigenvalue weighted by atomic mass is 10.1. The molecular weight excluding hydrogens is 969 g/mol. The molecule has 7 rings (SSSR count). The number of aryl methyl sites for hydroxylation is 1. The van der Waals surface area contributed by atoms with Gasteiger partial charge in [0.2, 0.25) is 6.04 Å². The highest BCUT2D eigenvalue weighted by Crippen LogP contribution is 2.44. The van der Waals surface area contributed by atoms with E-state index in [0.717, 1.165) is 24.3 Å². The fourth-order valence-electron chi connectivity index (χ4n) is 6.48. The first-order chi connectivity index (χ1) is 31.9. The number of amides is 1. The van der Waals surface area contributed by atoms with Gasteiger partial charge in [-0.2, -0.15) is 42.3 Å². The first-order valence-corrected chi connectivity index (χ1v) is 22.7. The van der Waals surface area contributed by atoms with Crippen molar-refractivity contribution in [1.29, 1.82) is 0 Å². The minimum absolute atomic E-state index is 0.00188. The predicted octanol–water partition coefficient (Wildman–Crippen LogP) is 8.16. The van der Waals surface area contributed by atoms with Gasteiger partial charge in [0.25, 0.3) is 26.1 Å². The number of carbonyl (C=O) groups excluding carboxylic acids is 1. The number of hydrogen-bond acceptors (Lipinski definition) is 23. The second-order valence-electron chi connectivity index (χ2n) is 13.5. The molecule has 348 valence electrons. The number of rotatable bonds is 18. The number of nitrogens with one attached hydrogen (secondary N) is 2. The second-order valence-corrected chi connectivity index (χ2v) is 17.8. The molecule has 0 saturated carbocycles. The predicted molar refractivity (Wildman–Crippen MR) is 237 cm³/mol. The SMILES string of the molecule is COc1cc(/N=N/c2ccc3c(SOOO)cccc3c2S(=O)(=O)O)c(C)cc1NNc1c(SOOO)cc2cc(/N=N/C3C(=O)N(c4ccc(S(=O)(=O)O)cc4)N=C3C(=O)O)ccc2c1O. The van der Waals surface area contributed by atoms with Crippen molar-refractivity contribution in [1.82, 2.24) is 0 Å². The summed E-state index contributed by atoms with van der Waals surface area (Å²) >= 11 is 1.07. The average molecular weight is 999 g/mol. The van der Waals surface area contributed by atoms with Crippen LogP contribution in [0.4, 0.5) is 34.1 Å². The number of phenolic OH excluding ortho intramolecular Hbond substituents is 1. The van der Waals surface area contributed by atoms with Gasteiger partial charge in [-0.15, -0.1) is 13.8 Å². The lowest BCUT2D eigenvalue weighted by Gasteiger charge is -2.18. The van der Waals surface area contributed by atoms with Gasteiger partial charge in [0.05, 0.1) is 63.7 Å². The van der Waals surface area contributed by atoms with E-state index in [1.165, 1.54) is 61.7 Å². The van der Waals surface area contributed by atoms with Gasteiger partial charge >= 0.3 is 5.97 Å². The lowest BCUT2D eigenvalue weighted by Crippen LogP contribution is -2.33. The number of aliphatic carboxylic acids is 1. The van der Waals surface area contributed by atoms with E-state index in [0.29, 0.717) is 56.0 Å². The van der Waals surface area contributed by atoms with Crippen molar-refractivity contribution in [3.05, 3.63) is 96.6 Å². The van der Waals surface area contributed by atoms with Gasteiger partial charge in [0, 0.05) is 21.7 Å². The number of anilines is 3. The highest BCUT2D eigenvalue weighted by atomic mass is 32.2. The summed E-state index contributed by atoms with van der Waals surface area (Å²) in [5.74, 6) is -2.68. The molecule has 0 fully saturated rings. The number of benzene rings is 6. The number of carboxylic acids is 1. The number of aromatic hydroxyl groups is 1. The zero-order valence-corrected chi connectivity index (χ0v) is 37.0. The third-order valence-corrected chi connectivity index (χ3v) is 12.6. The van der Waals surface area contributed by atoms with Gasteiger partial charge in [-0.05, 0) is 90.0 Å². The van der Waals surface area contributed by atoms with Crippen molar-refractivity contribution in [2.75, 3.05) is 23.0 Å². The summed E-state index contributed by atoms with van der Waals surface area (Å²) in [7, 11) is -8.05. The van der Waals surface area contributed by atoms with Gasteiger partial charge in [-0.3, -0.25) is 24.8 Å². The molecule has 1 aliphatic heterocycles. The van der Waals surface area contributed by atoms with Gasteiger partial charge in [-0.25, -0.2) is 15.3 Å². The van der Waals surface area contributed by atoms with E-state index in [1.807, 2.05) is 0 Å². The van der Waals surface area contributed by atoms with Crippen LogP contribution in [0, 0.1) is 6.92 Å². The van der Waals surface area contributed by atoms with Crippen molar-refractivity contribution in [2.24, 2.45) is 25.6 Å². The summed E-state index contributed by atoms with van der Waals surface area (Å²) in [6.45, 7) is 1.66. The van der Waals surface area contributed by atoms with E-state index in [1.54, 1.807) is 19.1 Å². The Morgan fingerprint density at radius 3 is 2.13 bits per heavy atom. The molecule has 0 bridgehead atoms. The van der Waals surface area contributed by atoms with Crippen LogP contribution in [0.15, 0.2) is 136 Å². The number of carboxylic acid groups (broad SMARTS) is 1. The Morgan fingerprint density at radius 2 is 1.48 bits per heavy atom. The second kappa shape index (κ2) is 19.9. The number of hydrazone groups is 1. The van der Waals surface area contributed by atoms with Crippen LogP contribution in [0.25, 0.3) is 21.5 Å². The van der Waals surface area contributed by atoms with Gasteiger partial charge in [0.15, 0.2) is 5.71 Å². The van der Waals surface area contributed by atoms with Gasteiger partial charge in [-0.1, -0.05) is 28.3 Å². The van der Waals surface area contributed by atoms with Crippen LogP contribution < -0.4 is 20.6 Å². The molecular formula is C38H30N8O17S4. The van der Waals surface area contributed by atoms with Crippen LogP contribution in [0.1, 0.15) is 5.56 Å². The number of hydrazine groups is 1. The topological polar surface area (TPSA) is 359 Å². The maximum absolute atomic E-state index is 13.3. The summed E-state index contributed by atoms with van der Waals surface area (Å²) in [6.07, 6.45) is 0. The summed E-state index contributed by atoms with van der Waals surface area (Å²) in [5, 5.41) is 68.0. The number of azo groups is 2. The molecule has 1 atom stereocenters. The van der Waals surface area contributed by atoms with E-state index in [4.69, 9.17) is 15.3 Å². The number of phenols is 1. The fraction of sp³-hybridized carbons (Fsp3) is 0.0789. The van der Waals surface area contributed by atoms with E-state index in [-0.39, 0.29) is 55.6 Å². The molecule has 1 aliphatic rings. The first-order valence-electron chi connectivity index (χ1n) is 18.3. The third kappa shape index (κ3) is 10.4. The molecule has 1 heterocycles. The number of carbonyl (C=O) groups is 2. The maximum atomic E-state index is 13.3. The van der Waals surface area contributed by atoms with Gasteiger partial charge in [0.1, 0.15) is 27.8 Å². The number of methoxy groups -OCH3 is 1. The molecule has 1 unspecified atom stereocenters. The zero-order chi connectivity index (χ0) is 48.2. The molecule has 25 nitrogen and oxygen atoms in total. The van der Waals surface area contributed by atoms with Crippen LogP contribution in [0.5, 0.6) is 11.5 Å². The Bertz CT molecular complexity index is 3270. The average Bonchev–Trinajstić information content (AvgIpc) is 3.63. The molecule has 0 spiro atoms. The minimum Gasteiger partial charge on any atom is -0.505 e. The Kier molecular flexibility index (Phi) is 14.3. The molecule has 6 aromatic rings. The quantitative estimate of drug-likeness (QED) is 0.0100. The lowest BCUT2D eigenvalue weighted by molar-refractivity contribution is -0.432. The highest BCUT2D eigenvalue weighted by molar-refractivity contribution is 7.95. The Hall–Kier alpha value is -6.87. The number of fused-ring (bicyclic) bond motifs is 2. The summed E-state index contributed by atoms with van der Waals surface area (Å²) in [6, 6.07) is 18.7. The zero-order valence-electron chi connectivity index (χ0n) is 33.7. The normalized spacial score (nSPS) is 14.4. The van der Waals surface area contributed by atoms with Crippen LogP contribution in [0.2, 0.25) is 0 Å². The summed E-state index contributed by atoms with van der Waals surface area (Å²) < 4.78 is 82.2. The Morgan fingerprint density at radius 1 is 0.791 bits per heavy atom. The van der Waals surface area contributed by atoms with Crippen LogP contribution in [-0.4, -0.2) is 77.4 Å². The molecule has 0 aliphatic carbocycles. The minimum atomic E-state index is -4.86. The molecule has 8 N–H and O–H groups in total. The molecule has 6 aromatic carbocycles. The Labute approximate surface area is 384 Å². The van der Waals surface area contributed by atoms with E-state index < -0.39 is 53.7 Å². The van der Waals surface area contributed by atoms with Crippen LogP contribution in [-0.2, 0) is 48.6 Å². The summed E-state index contributed by atoms with van der Waals surface area (Å²) in [4.78, 5) is 24.8. The first kappa shape index (κ1) is 48.1. The van der Waals surface area contributed by atoms with Crippen LogP contribution >= 0.6 is 24.1 Å². The largest absolute Gasteiger partial charge is 0.505 e. The molecule has 0 aromatic heterocycles. The molecule has 0 saturated heterocycles. The standard InChI is InChI=1S/C38H30N8O17S4/c1-18-14-28(29(59-2)17-27(18)41-40-26-13-12-24-25(36(26)67(56,57)58)4-3-5-30(24)64-62-60-51)42-43-32-31(65-63-61-52)16-19-15-20(6-11-23(19)35(32)47)39-44-33-34(38(49)50)45-46(37(33)48)21-7-9-22(10-8-21)66(53,54)55/h3-17,33,42-43,47,51-52H,1-2H3,(H,49,50)(H,53,54,55)(H,56,57,58)/b41-40+,44-39+. The number of nitrogens with zero attached hydrogens (tertiary/aromatic N) is 6. The number of ether oxygens (including phenoxy) is 1. The monoisotopic (exact) mass is 998 g/mol. The molecule has 67 heavy (non-hydrogen) atoms. The van der Waals surface area contributed by atoms with E-state index >= 15 is 0 Å². The van der Waals surface area contributed by atoms with Crippen molar-refractivity contribution in [3.63, 3.8) is 0 Å². The maximum Gasteiger partial charge on any atom is 0.355 e. The van der Waals surface area contributed by atoms with Gasteiger partial charge < -0.3 is 14.9 Å². The molecule has 0 radical (unpaired) electrons. The Balaban J connectivity index is 1.13. The summed E-state index contributed by atoms with van der Waals surface area (Å²) in [5.41, 5.74) is 5.99. The van der Waals surface area contributed by atoms with E-state index in [2.05, 4.69) is 55.2 Å². The fourth-order valence-corrected chi connectivity index (χ4v) is 8.81. The molecule has 29 heteroatoms. The number of hydrogen-bond donors (Lipinski definition) is 8. The van der Waals surface area contributed by atoms with Crippen molar-refractivity contribution in [3.8, 4) is 11.5 Å². The van der Waals surface area contributed by atoms with Crippen molar-refractivity contribution < 1.29 is 79.7 Å². The smallest absolute Gasteiger partial charge is 0.355 e. The third-order valence-electron chi connectivity index (χ3n) is 9.48. The highest BCUT2D eigenvalue weighted by Gasteiger charge is 2.41. The van der Waals surface area contributed by atoms with E-state index in [9.17, 15) is 45.7 Å². The molecule has 1 amide bonds.